The molecule has 0 spiro atoms. The average molecular weight is 295 g/mol. The lowest BCUT2D eigenvalue weighted by Crippen LogP contribution is -2.05. The fraction of sp³-hybridized carbons (Fsp3) is 0.429. The second kappa shape index (κ2) is 6.72. The molecule has 0 aliphatic rings. The van der Waals surface area contributed by atoms with Gasteiger partial charge in [-0.05, 0) is 25.1 Å². The minimum Gasteiger partial charge on any atom is -0.486 e. The van der Waals surface area contributed by atoms with Crippen LogP contribution in [0.25, 0.3) is 0 Å². The van der Waals surface area contributed by atoms with Gasteiger partial charge in [-0.15, -0.1) is 0 Å². The maximum absolute atomic E-state index is 6.27. The summed E-state index contributed by atoms with van der Waals surface area (Å²) in [5.74, 6) is 0.709. The lowest BCUT2D eigenvalue weighted by Gasteiger charge is -2.07. The Morgan fingerprint density at radius 1 is 1.40 bits per heavy atom. The number of nitrogens with two attached hydrogens (primary N) is 1. The summed E-state index contributed by atoms with van der Waals surface area (Å²) in [6.45, 7) is 3.00. The monoisotopic (exact) mass is 294 g/mol. The van der Waals surface area contributed by atoms with E-state index in [1.54, 1.807) is 10.9 Å². The van der Waals surface area contributed by atoms with E-state index in [0.717, 1.165) is 29.9 Å². The molecule has 2 heterocycles. The number of hydrogen-bond donors (Lipinski definition) is 1. The number of hydrogen-bond acceptors (Lipinski definition) is 4. The Labute approximate surface area is 123 Å². The van der Waals surface area contributed by atoms with E-state index >= 15 is 0 Å². The summed E-state index contributed by atoms with van der Waals surface area (Å²) < 4.78 is 7.47. The van der Waals surface area contributed by atoms with Gasteiger partial charge in [0, 0.05) is 19.2 Å². The molecule has 0 saturated carbocycles. The van der Waals surface area contributed by atoms with E-state index in [1.165, 1.54) is 0 Å². The van der Waals surface area contributed by atoms with Crippen molar-refractivity contribution in [1.82, 2.24) is 14.8 Å². The predicted molar refractivity (Wildman–Crippen MR) is 78.9 cm³/mol. The molecule has 2 aromatic rings. The van der Waals surface area contributed by atoms with Gasteiger partial charge in [0.25, 0.3) is 0 Å². The second-order valence-corrected chi connectivity index (χ2v) is 4.88. The zero-order chi connectivity index (χ0) is 14.5. The minimum atomic E-state index is 0.375. The first-order chi connectivity index (χ1) is 9.65. The molecule has 0 saturated heterocycles. The summed E-state index contributed by atoms with van der Waals surface area (Å²) in [5, 5.41) is 5.04. The van der Waals surface area contributed by atoms with Gasteiger partial charge in [0.1, 0.15) is 12.4 Å². The van der Waals surface area contributed by atoms with Gasteiger partial charge in [-0.3, -0.25) is 9.67 Å². The molecule has 2 aromatic heterocycles. The van der Waals surface area contributed by atoms with E-state index in [0.29, 0.717) is 23.9 Å². The number of nitrogens with zero attached hydrogens (tertiary/aromatic N) is 3. The number of pyridine rings is 1. The molecule has 6 heteroatoms. The molecule has 5 nitrogen and oxygen atoms in total. The summed E-state index contributed by atoms with van der Waals surface area (Å²) in [5.41, 5.74) is 8.21. The lowest BCUT2D eigenvalue weighted by atomic mass is 10.3. The molecular weight excluding hydrogens is 276 g/mol. The zero-order valence-corrected chi connectivity index (χ0v) is 12.5. The molecule has 0 atom stereocenters. The van der Waals surface area contributed by atoms with E-state index in [2.05, 4.69) is 10.1 Å². The Hall–Kier alpha value is -1.59. The number of halogens is 1. The highest BCUT2D eigenvalue weighted by Crippen LogP contribution is 2.22. The van der Waals surface area contributed by atoms with Crippen LogP contribution in [-0.4, -0.2) is 21.3 Å². The topological polar surface area (TPSA) is 66.0 Å². The molecule has 2 N–H and O–H groups in total. The minimum absolute atomic E-state index is 0.375. The van der Waals surface area contributed by atoms with E-state index in [1.807, 2.05) is 26.1 Å². The Balaban J connectivity index is 2.03. The second-order valence-electron chi connectivity index (χ2n) is 4.50. The van der Waals surface area contributed by atoms with Crippen molar-refractivity contribution in [3.63, 3.8) is 0 Å². The molecule has 0 aliphatic carbocycles. The Kier molecular flexibility index (Phi) is 4.98. The number of rotatable bonds is 6. The first-order valence-electron chi connectivity index (χ1n) is 6.63. The number of aryl methyl sites for hydroxylation is 2. The van der Waals surface area contributed by atoms with Gasteiger partial charge in [-0.25, -0.2) is 0 Å². The molecular formula is C14H19ClN4O. The third kappa shape index (κ3) is 3.29. The Bertz CT molecular complexity index is 565. The van der Waals surface area contributed by atoms with Crippen molar-refractivity contribution in [1.29, 1.82) is 0 Å². The van der Waals surface area contributed by atoms with Gasteiger partial charge in [0.15, 0.2) is 0 Å². The maximum Gasteiger partial charge on any atom is 0.138 e. The van der Waals surface area contributed by atoms with Crippen molar-refractivity contribution in [2.24, 2.45) is 12.8 Å². The fourth-order valence-electron chi connectivity index (χ4n) is 1.92. The highest BCUT2D eigenvalue weighted by atomic mass is 35.5. The summed E-state index contributed by atoms with van der Waals surface area (Å²) in [6.07, 6.45) is 3.28. The summed E-state index contributed by atoms with van der Waals surface area (Å²) in [4.78, 5) is 4.29. The largest absolute Gasteiger partial charge is 0.486 e. The molecule has 20 heavy (non-hydrogen) atoms. The Morgan fingerprint density at radius 2 is 2.20 bits per heavy atom. The quantitative estimate of drug-likeness (QED) is 0.886. The Morgan fingerprint density at radius 3 is 2.75 bits per heavy atom. The molecule has 0 radical (unpaired) electrons. The van der Waals surface area contributed by atoms with Crippen molar-refractivity contribution in [3.05, 3.63) is 40.4 Å². The van der Waals surface area contributed by atoms with Crippen molar-refractivity contribution in [2.75, 3.05) is 6.54 Å². The summed E-state index contributed by atoms with van der Waals surface area (Å²) >= 11 is 6.27. The van der Waals surface area contributed by atoms with Crippen LogP contribution < -0.4 is 10.5 Å². The molecule has 0 amide bonds. The number of aromatic nitrogens is 3. The molecule has 0 unspecified atom stereocenters. The van der Waals surface area contributed by atoms with Gasteiger partial charge in [-0.2, -0.15) is 5.10 Å². The first-order valence-corrected chi connectivity index (χ1v) is 7.01. The molecule has 0 fully saturated rings. The van der Waals surface area contributed by atoms with E-state index < -0.39 is 0 Å². The van der Waals surface area contributed by atoms with Crippen LogP contribution in [0.5, 0.6) is 5.75 Å². The van der Waals surface area contributed by atoms with Crippen LogP contribution in [0.1, 0.15) is 24.0 Å². The highest BCUT2D eigenvalue weighted by molar-refractivity contribution is 6.31. The molecule has 0 aromatic carbocycles. The van der Waals surface area contributed by atoms with Crippen LogP contribution >= 0.6 is 11.6 Å². The van der Waals surface area contributed by atoms with Gasteiger partial charge >= 0.3 is 0 Å². The van der Waals surface area contributed by atoms with E-state index in [4.69, 9.17) is 22.1 Å². The van der Waals surface area contributed by atoms with Crippen molar-refractivity contribution < 1.29 is 4.74 Å². The third-order valence-corrected chi connectivity index (χ3v) is 3.51. The van der Waals surface area contributed by atoms with Crippen LogP contribution in [0.4, 0.5) is 0 Å². The van der Waals surface area contributed by atoms with Crippen LogP contribution in [-0.2, 0) is 26.5 Å². The van der Waals surface area contributed by atoms with Gasteiger partial charge in [-0.1, -0.05) is 18.5 Å². The van der Waals surface area contributed by atoms with Gasteiger partial charge in [0.2, 0.25) is 0 Å². The van der Waals surface area contributed by atoms with Crippen LogP contribution in [0.15, 0.2) is 18.3 Å². The molecule has 0 aliphatic heterocycles. The van der Waals surface area contributed by atoms with Crippen LogP contribution in [0.2, 0.25) is 5.02 Å². The molecule has 0 bridgehead atoms. The predicted octanol–water partition coefficient (Wildman–Crippen LogP) is 2.11. The smallest absolute Gasteiger partial charge is 0.138 e. The highest BCUT2D eigenvalue weighted by Gasteiger charge is 2.13. The summed E-state index contributed by atoms with van der Waals surface area (Å²) in [7, 11) is 1.87. The zero-order valence-electron chi connectivity index (χ0n) is 11.8. The lowest BCUT2D eigenvalue weighted by molar-refractivity contribution is 0.293. The first kappa shape index (κ1) is 14.8. The van der Waals surface area contributed by atoms with Crippen molar-refractivity contribution in [2.45, 2.75) is 26.4 Å². The normalized spacial score (nSPS) is 10.8. The third-order valence-electron chi connectivity index (χ3n) is 3.08. The SMILES string of the molecule is CCc1nn(C)c(COc2ccc(CCN)nc2)c1Cl. The number of ether oxygens (including phenoxy) is 1. The van der Waals surface area contributed by atoms with E-state index in [-0.39, 0.29) is 0 Å². The molecule has 2 rings (SSSR count). The maximum atomic E-state index is 6.27. The van der Waals surface area contributed by atoms with E-state index in [9.17, 15) is 0 Å². The van der Waals surface area contributed by atoms with Crippen molar-refractivity contribution in [3.8, 4) is 5.75 Å². The molecule has 108 valence electrons. The summed E-state index contributed by atoms with van der Waals surface area (Å²) in [6, 6.07) is 3.81. The average Bonchev–Trinajstić information content (AvgIpc) is 2.73. The van der Waals surface area contributed by atoms with Crippen LogP contribution in [0, 0.1) is 0 Å². The van der Waals surface area contributed by atoms with Crippen LogP contribution in [0.3, 0.4) is 0 Å². The standard InChI is InChI=1S/C14H19ClN4O/c1-3-12-14(15)13(19(2)18-12)9-20-11-5-4-10(6-7-16)17-8-11/h4-5,8H,3,6-7,9,16H2,1-2H3. The van der Waals surface area contributed by atoms with Gasteiger partial charge < -0.3 is 10.5 Å². The van der Waals surface area contributed by atoms with Gasteiger partial charge in [0.05, 0.1) is 22.6 Å². The van der Waals surface area contributed by atoms with Crippen molar-refractivity contribution >= 4 is 11.6 Å². The fourth-order valence-corrected chi connectivity index (χ4v) is 2.27.